The van der Waals surface area contributed by atoms with Crippen LogP contribution in [0.2, 0.25) is 0 Å². The number of rotatable bonds is 8. The fraction of sp³-hybridized carbons (Fsp3) is 0.765. The number of carbonyl (C=O) groups is 1. The van der Waals surface area contributed by atoms with Crippen LogP contribution in [0.15, 0.2) is 0 Å². The zero-order chi connectivity index (χ0) is 16.7. The zero-order valence-electron chi connectivity index (χ0n) is 14.4. The van der Waals surface area contributed by atoms with Gasteiger partial charge in [-0.15, -0.1) is 0 Å². The summed E-state index contributed by atoms with van der Waals surface area (Å²) in [7, 11) is 0. The first-order valence-corrected chi connectivity index (χ1v) is 8.75. The first-order valence-electron chi connectivity index (χ1n) is 8.75. The smallest absolute Gasteiger partial charge is 0.221 e. The summed E-state index contributed by atoms with van der Waals surface area (Å²) in [5.74, 6) is 0.147. The van der Waals surface area contributed by atoms with E-state index in [-0.39, 0.29) is 12.5 Å². The van der Waals surface area contributed by atoms with Crippen LogP contribution in [0.5, 0.6) is 0 Å². The Hall–Kier alpha value is -1.40. The lowest BCUT2D eigenvalue weighted by atomic mass is 9.95. The largest absolute Gasteiger partial charge is 0.394 e. The quantitative estimate of drug-likeness (QED) is 0.633. The lowest BCUT2D eigenvalue weighted by Gasteiger charge is -2.22. The van der Waals surface area contributed by atoms with Crippen LogP contribution in [-0.4, -0.2) is 40.0 Å². The van der Waals surface area contributed by atoms with E-state index >= 15 is 0 Å². The highest BCUT2D eigenvalue weighted by atomic mass is 16.3. The molecule has 23 heavy (non-hydrogen) atoms. The summed E-state index contributed by atoms with van der Waals surface area (Å²) >= 11 is 0. The lowest BCUT2D eigenvalue weighted by molar-refractivity contribution is -0.121. The molecule has 2 rings (SSSR count). The van der Waals surface area contributed by atoms with Crippen molar-refractivity contribution in [1.29, 1.82) is 0 Å². The zero-order valence-corrected chi connectivity index (χ0v) is 14.4. The van der Waals surface area contributed by atoms with E-state index in [2.05, 4.69) is 15.7 Å². The van der Waals surface area contributed by atoms with Gasteiger partial charge in [-0.1, -0.05) is 19.3 Å². The Morgan fingerprint density at radius 3 is 2.74 bits per heavy atom. The molecule has 1 saturated carbocycles. The summed E-state index contributed by atoms with van der Waals surface area (Å²) in [4.78, 5) is 12.0. The normalized spacial score (nSPS) is 15.8. The Bertz CT molecular complexity index is 507. The molecule has 1 aliphatic rings. The summed E-state index contributed by atoms with van der Waals surface area (Å²) in [6.45, 7) is 5.99. The average molecular weight is 322 g/mol. The molecule has 1 aromatic heterocycles. The molecule has 130 valence electrons. The highest BCUT2D eigenvalue weighted by Gasteiger charge is 2.15. The molecular weight excluding hydrogens is 292 g/mol. The first kappa shape index (κ1) is 17.9. The SMILES string of the molecule is Cc1nn(CCO)c(C)c1CNCCC(=O)NC1CCCCC1. The molecule has 6 nitrogen and oxygen atoms in total. The molecule has 0 unspecified atom stereocenters. The summed E-state index contributed by atoms with van der Waals surface area (Å²) < 4.78 is 1.84. The molecule has 1 fully saturated rings. The van der Waals surface area contributed by atoms with Gasteiger partial charge in [0.2, 0.25) is 5.91 Å². The molecule has 0 radical (unpaired) electrons. The van der Waals surface area contributed by atoms with Gasteiger partial charge < -0.3 is 15.7 Å². The van der Waals surface area contributed by atoms with Crippen molar-refractivity contribution in [2.75, 3.05) is 13.2 Å². The van der Waals surface area contributed by atoms with E-state index in [1.165, 1.54) is 19.3 Å². The molecule has 0 aliphatic heterocycles. The van der Waals surface area contributed by atoms with Crippen LogP contribution in [-0.2, 0) is 17.9 Å². The second kappa shape index (κ2) is 9.03. The van der Waals surface area contributed by atoms with Crippen molar-refractivity contribution in [1.82, 2.24) is 20.4 Å². The van der Waals surface area contributed by atoms with E-state index in [9.17, 15) is 4.79 Å². The number of aliphatic hydroxyl groups excluding tert-OH is 1. The van der Waals surface area contributed by atoms with E-state index in [1.807, 2.05) is 18.5 Å². The van der Waals surface area contributed by atoms with Gasteiger partial charge in [0.1, 0.15) is 0 Å². The Morgan fingerprint density at radius 2 is 2.04 bits per heavy atom. The highest BCUT2D eigenvalue weighted by Crippen LogP contribution is 2.17. The van der Waals surface area contributed by atoms with E-state index in [0.29, 0.717) is 32.1 Å². The molecular formula is C17H30N4O2. The van der Waals surface area contributed by atoms with Crippen LogP contribution in [0.4, 0.5) is 0 Å². The van der Waals surface area contributed by atoms with E-state index < -0.39 is 0 Å². The van der Waals surface area contributed by atoms with Gasteiger partial charge in [0.25, 0.3) is 0 Å². The number of hydrogen-bond donors (Lipinski definition) is 3. The monoisotopic (exact) mass is 322 g/mol. The maximum atomic E-state index is 12.0. The van der Waals surface area contributed by atoms with Crippen molar-refractivity contribution in [2.24, 2.45) is 0 Å². The molecule has 1 heterocycles. The predicted molar refractivity (Wildman–Crippen MR) is 90.1 cm³/mol. The van der Waals surface area contributed by atoms with E-state index in [0.717, 1.165) is 29.8 Å². The summed E-state index contributed by atoms with van der Waals surface area (Å²) in [6, 6.07) is 0.387. The maximum Gasteiger partial charge on any atom is 0.221 e. The molecule has 1 amide bonds. The van der Waals surface area contributed by atoms with Gasteiger partial charge in [-0.2, -0.15) is 5.10 Å². The van der Waals surface area contributed by atoms with E-state index in [1.54, 1.807) is 0 Å². The first-order chi connectivity index (χ1) is 11.1. The Balaban J connectivity index is 1.69. The third-order valence-electron chi connectivity index (χ3n) is 4.64. The van der Waals surface area contributed by atoms with Crippen molar-refractivity contribution in [3.63, 3.8) is 0 Å². The van der Waals surface area contributed by atoms with Gasteiger partial charge in [-0.3, -0.25) is 9.48 Å². The number of nitrogens with zero attached hydrogens (tertiary/aromatic N) is 2. The van der Waals surface area contributed by atoms with Gasteiger partial charge in [0.15, 0.2) is 0 Å². The number of hydrogen-bond acceptors (Lipinski definition) is 4. The van der Waals surface area contributed by atoms with Crippen LogP contribution in [0.25, 0.3) is 0 Å². The van der Waals surface area contributed by atoms with Crippen molar-refractivity contribution < 1.29 is 9.90 Å². The van der Waals surface area contributed by atoms with Crippen molar-refractivity contribution in [2.45, 2.75) is 71.5 Å². The molecule has 1 aliphatic carbocycles. The molecule has 0 saturated heterocycles. The number of nitrogens with one attached hydrogen (secondary N) is 2. The third kappa shape index (κ3) is 5.32. The summed E-state index contributed by atoms with van der Waals surface area (Å²) in [5.41, 5.74) is 3.22. The third-order valence-corrected chi connectivity index (χ3v) is 4.64. The summed E-state index contributed by atoms with van der Waals surface area (Å²) in [6.07, 6.45) is 6.54. The molecule has 0 spiro atoms. The predicted octanol–water partition coefficient (Wildman–Crippen LogP) is 1.42. The second-order valence-corrected chi connectivity index (χ2v) is 6.43. The minimum Gasteiger partial charge on any atom is -0.394 e. The second-order valence-electron chi connectivity index (χ2n) is 6.43. The fourth-order valence-corrected chi connectivity index (χ4v) is 3.26. The van der Waals surface area contributed by atoms with Gasteiger partial charge in [-0.25, -0.2) is 0 Å². The highest BCUT2D eigenvalue weighted by molar-refractivity contribution is 5.76. The standard InChI is InChI=1S/C17H30N4O2/c1-13-16(14(2)21(20-13)10-11-22)12-18-9-8-17(23)19-15-6-4-3-5-7-15/h15,18,22H,3-12H2,1-2H3,(H,19,23). The lowest BCUT2D eigenvalue weighted by Crippen LogP contribution is -2.37. The molecule has 6 heteroatoms. The Kier molecular flexibility index (Phi) is 7.05. The number of aromatic nitrogens is 2. The number of aryl methyl sites for hydroxylation is 1. The molecule has 3 N–H and O–H groups in total. The van der Waals surface area contributed by atoms with Crippen molar-refractivity contribution in [3.05, 3.63) is 17.0 Å². The number of carbonyl (C=O) groups excluding carboxylic acids is 1. The minimum atomic E-state index is 0.0934. The van der Waals surface area contributed by atoms with Gasteiger partial charge in [0, 0.05) is 36.8 Å². The number of aliphatic hydroxyl groups is 1. The van der Waals surface area contributed by atoms with Crippen molar-refractivity contribution in [3.8, 4) is 0 Å². The molecule has 0 atom stereocenters. The average Bonchev–Trinajstić information content (AvgIpc) is 2.80. The maximum absolute atomic E-state index is 12.0. The minimum absolute atomic E-state index is 0.0934. The van der Waals surface area contributed by atoms with Crippen LogP contribution in [0, 0.1) is 13.8 Å². The Morgan fingerprint density at radius 1 is 1.30 bits per heavy atom. The molecule has 0 aromatic carbocycles. The topological polar surface area (TPSA) is 79.2 Å². The van der Waals surface area contributed by atoms with Gasteiger partial charge >= 0.3 is 0 Å². The van der Waals surface area contributed by atoms with Gasteiger partial charge in [0.05, 0.1) is 18.8 Å². The van der Waals surface area contributed by atoms with Crippen LogP contribution in [0.3, 0.4) is 0 Å². The van der Waals surface area contributed by atoms with Crippen LogP contribution < -0.4 is 10.6 Å². The molecule has 0 bridgehead atoms. The van der Waals surface area contributed by atoms with Gasteiger partial charge in [-0.05, 0) is 26.7 Å². The molecule has 1 aromatic rings. The van der Waals surface area contributed by atoms with Crippen molar-refractivity contribution >= 4 is 5.91 Å². The van der Waals surface area contributed by atoms with E-state index in [4.69, 9.17) is 5.11 Å². The fourth-order valence-electron chi connectivity index (χ4n) is 3.26. The number of amides is 1. The van der Waals surface area contributed by atoms with Crippen LogP contribution >= 0.6 is 0 Å². The summed E-state index contributed by atoms with van der Waals surface area (Å²) in [5, 5.41) is 19.9. The van der Waals surface area contributed by atoms with Crippen LogP contribution in [0.1, 0.15) is 55.5 Å². The Labute approximate surface area is 138 Å².